The number of likely N-dealkylation sites (N-methyl/N-ethyl adjacent to an activating group) is 1. The summed E-state index contributed by atoms with van der Waals surface area (Å²) in [5, 5.41) is 2.81. The van der Waals surface area contributed by atoms with Crippen molar-refractivity contribution in [1.29, 1.82) is 0 Å². The molecule has 0 unspecified atom stereocenters. The Morgan fingerprint density at radius 1 is 1.04 bits per heavy atom. The molecule has 27 heavy (non-hydrogen) atoms. The molecule has 146 valence electrons. The van der Waals surface area contributed by atoms with Crippen LogP contribution in [-0.2, 0) is 21.2 Å². The molecule has 1 N–H and O–H groups in total. The number of para-hydroxylation sites is 2. The van der Waals surface area contributed by atoms with Crippen molar-refractivity contribution in [1.82, 2.24) is 5.32 Å². The molecule has 0 spiro atoms. The molecule has 6 nitrogen and oxygen atoms in total. The zero-order chi connectivity index (χ0) is 19.9. The normalized spacial score (nSPS) is 11.1. The van der Waals surface area contributed by atoms with E-state index < -0.39 is 10.0 Å². The van der Waals surface area contributed by atoms with Crippen molar-refractivity contribution in [3.63, 3.8) is 0 Å². The first-order valence-corrected chi connectivity index (χ1v) is 10.8. The van der Waals surface area contributed by atoms with E-state index in [1.807, 2.05) is 61.3 Å². The van der Waals surface area contributed by atoms with Crippen LogP contribution in [0.25, 0.3) is 0 Å². The van der Waals surface area contributed by atoms with Gasteiger partial charge in [0, 0.05) is 25.8 Å². The van der Waals surface area contributed by atoms with E-state index in [2.05, 4.69) is 5.32 Å². The zero-order valence-corrected chi connectivity index (χ0v) is 16.9. The monoisotopic (exact) mass is 389 g/mol. The highest BCUT2D eigenvalue weighted by Gasteiger charge is 2.22. The highest BCUT2D eigenvalue weighted by molar-refractivity contribution is 7.92. The van der Waals surface area contributed by atoms with Crippen LogP contribution < -0.4 is 14.5 Å². The molecule has 0 atom stereocenters. The van der Waals surface area contributed by atoms with Gasteiger partial charge in [-0.1, -0.05) is 43.3 Å². The van der Waals surface area contributed by atoms with Gasteiger partial charge in [-0.25, -0.2) is 8.42 Å². The predicted molar refractivity (Wildman–Crippen MR) is 111 cm³/mol. The SMILES string of the molecule is CCc1ccccc1N(CC(=O)NCCN(C)c1ccccc1)S(C)(=O)=O. The molecule has 0 radical (unpaired) electrons. The van der Waals surface area contributed by atoms with Crippen LogP contribution in [0.2, 0.25) is 0 Å². The maximum absolute atomic E-state index is 12.4. The van der Waals surface area contributed by atoms with Crippen LogP contribution in [0.3, 0.4) is 0 Å². The molecule has 2 rings (SSSR count). The first-order chi connectivity index (χ1) is 12.8. The summed E-state index contributed by atoms with van der Waals surface area (Å²) in [6, 6.07) is 17.1. The van der Waals surface area contributed by atoms with Crippen LogP contribution in [0, 0.1) is 0 Å². The number of aryl methyl sites for hydroxylation is 1. The minimum absolute atomic E-state index is 0.231. The van der Waals surface area contributed by atoms with E-state index in [0.29, 0.717) is 25.2 Å². The minimum atomic E-state index is -3.57. The quantitative estimate of drug-likeness (QED) is 0.714. The van der Waals surface area contributed by atoms with Gasteiger partial charge in [0.05, 0.1) is 11.9 Å². The Labute approximate surface area is 161 Å². The topological polar surface area (TPSA) is 69.7 Å². The second-order valence-electron chi connectivity index (χ2n) is 6.36. The fourth-order valence-electron chi connectivity index (χ4n) is 2.80. The van der Waals surface area contributed by atoms with Crippen LogP contribution in [0.4, 0.5) is 11.4 Å². The minimum Gasteiger partial charge on any atom is -0.373 e. The molecule has 0 fully saturated rings. The number of hydrogen-bond acceptors (Lipinski definition) is 4. The number of sulfonamides is 1. The van der Waals surface area contributed by atoms with E-state index in [0.717, 1.165) is 17.5 Å². The lowest BCUT2D eigenvalue weighted by atomic mass is 10.1. The van der Waals surface area contributed by atoms with Crippen molar-refractivity contribution in [2.75, 3.05) is 42.1 Å². The number of anilines is 2. The van der Waals surface area contributed by atoms with Crippen molar-refractivity contribution < 1.29 is 13.2 Å². The molecule has 2 aromatic carbocycles. The number of nitrogens with one attached hydrogen (secondary N) is 1. The number of carbonyl (C=O) groups excluding carboxylic acids is 1. The average molecular weight is 390 g/mol. The summed E-state index contributed by atoms with van der Waals surface area (Å²) in [5.41, 5.74) is 2.50. The van der Waals surface area contributed by atoms with E-state index in [1.165, 1.54) is 4.31 Å². The zero-order valence-electron chi connectivity index (χ0n) is 16.1. The summed E-state index contributed by atoms with van der Waals surface area (Å²) < 4.78 is 25.6. The van der Waals surface area contributed by atoms with E-state index >= 15 is 0 Å². The number of rotatable bonds is 9. The smallest absolute Gasteiger partial charge is 0.240 e. The van der Waals surface area contributed by atoms with Crippen LogP contribution in [0.15, 0.2) is 54.6 Å². The van der Waals surface area contributed by atoms with Gasteiger partial charge in [-0.3, -0.25) is 9.10 Å². The molecular formula is C20H27N3O3S. The van der Waals surface area contributed by atoms with Gasteiger partial charge in [0.2, 0.25) is 15.9 Å². The molecule has 2 aromatic rings. The molecule has 0 saturated heterocycles. The van der Waals surface area contributed by atoms with Gasteiger partial charge >= 0.3 is 0 Å². The van der Waals surface area contributed by atoms with Crippen molar-refractivity contribution in [3.8, 4) is 0 Å². The van der Waals surface area contributed by atoms with Crippen molar-refractivity contribution in [2.24, 2.45) is 0 Å². The Balaban J connectivity index is 1.98. The van der Waals surface area contributed by atoms with Gasteiger partial charge in [0.25, 0.3) is 0 Å². The number of nitrogens with zero attached hydrogens (tertiary/aromatic N) is 2. The maximum Gasteiger partial charge on any atom is 0.240 e. The molecule has 0 aliphatic rings. The summed E-state index contributed by atoms with van der Waals surface area (Å²) in [7, 11) is -1.62. The molecule has 7 heteroatoms. The predicted octanol–water partition coefficient (Wildman–Crippen LogP) is 2.27. The Hall–Kier alpha value is -2.54. The lowest BCUT2D eigenvalue weighted by Gasteiger charge is -2.24. The van der Waals surface area contributed by atoms with Crippen LogP contribution >= 0.6 is 0 Å². The molecule has 0 aliphatic carbocycles. The highest BCUT2D eigenvalue weighted by Crippen LogP contribution is 2.23. The van der Waals surface area contributed by atoms with E-state index in [-0.39, 0.29) is 12.5 Å². The van der Waals surface area contributed by atoms with E-state index in [4.69, 9.17) is 0 Å². The molecule has 1 amide bonds. The van der Waals surface area contributed by atoms with Gasteiger partial charge in [-0.2, -0.15) is 0 Å². The molecule has 0 heterocycles. The number of benzene rings is 2. The highest BCUT2D eigenvalue weighted by atomic mass is 32.2. The van der Waals surface area contributed by atoms with Gasteiger partial charge in [0.15, 0.2) is 0 Å². The first-order valence-electron chi connectivity index (χ1n) is 8.91. The Morgan fingerprint density at radius 3 is 2.30 bits per heavy atom. The van der Waals surface area contributed by atoms with Crippen molar-refractivity contribution in [2.45, 2.75) is 13.3 Å². The summed E-state index contributed by atoms with van der Waals surface area (Å²) in [6.07, 6.45) is 1.81. The molecule has 0 aromatic heterocycles. The summed E-state index contributed by atoms with van der Waals surface area (Å²) in [6.45, 7) is 2.78. The van der Waals surface area contributed by atoms with Crippen molar-refractivity contribution in [3.05, 3.63) is 60.2 Å². The van der Waals surface area contributed by atoms with Gasteiger partial charge in [-0.05, 0) is 30.2 Å². The Morgan fingerprint density at radius 2 is 1.67 bits per heavy atom. The fraction of sp³-hybridized carbons (Fsp3) is 0.350. The third-order valence-corrected chi connectivity index (χ3v) is 5.42. The van der Waals surface area contributed by atoms with Crippen LogP contribution in [0.5, 0.6) is 0 Å². The third kappa shape index (κ3) is 5.99. The maximum atomic E-state index is 12.4. The molecular weight excluding hydrogens is 362 g/mol. The lowest BCUT2D eigenvalue weighted by molar-refractivity contribution is -0.119. The standard InChI is InChI=1S/C20H27N3O3S/c1-4-17-10-8-9-13-19(17)23(27(3,25)26)16-20(24)21-14-15-22(2)18-11-6-5-7-12-18/h5-13H,4,14-16H2,1-3H3,(H,21,24). The fourth-order valence-corrected chi connectivity index (χ4v) is 3.68. The van der Waals surface area contributed by atoms with Crippen LogP contribution in [-0.4, -0.2) is 47.3 Å². The summed E-state index contributed by atoms with van der Waals surface area (Å²) >= 11 is 0. The van der Waals surface area contributed by atoms with Gasteiger partial charge in [-0.15, -0.1) is 0 Å². The van der Waals surface area contributed by atoms with Crippen molar-refractivity contribution >= 4 is 27.3 Å². The van der Waals surface area contributed by atoms with Gasteiger partial charge in [0.1, 0.15) is 6.54 Å². The number of hydrogen-bond donors (Lipinski definition) is 1. The average Bonchev–Trinajstić information content (AvgIpc) is 2.66. The van der Waals surface area contributed by atoms with E-state index in [9.17, 15) is 13.2 Å². The van der Waals surface area contributed by atoms with Crippen LogP contribution in [0.1, 0.15) is 12.5 Å². The van der Waals surface area contributed by atoms with Gasteiger partial charge < -0.3 is 10.2 Å². The summed E-state index contributed by atoms with van der Waals surface area (Å²) in [5.74, 6) is -0.326. The Kier molecular flexibility index (Phi) is 7.24. The number of carbonyl (C=O) groups is 1. The second-order valence-corrected chi connectivity index (χ2v) is 8.27. The van der Waals surface area contributed by atoms with E-state index in [1.54, 1.807) is 12.1 Å². The summed E-state index contributed by atoms with van der Waals surface area (Å²) in [4.78, 5) is 14.4. The molecule has 0 bridgehead atoms. The third-order valence-electron chi connectivity index (χ3n) is 4.30. The molecule has 0 aliphatic heterocycles. The molecule has 0 saturated carbocycles. The lowest BCUT2D eigenvalue weighted by Crippen LogP contribution is -2.42. The second kappa shape index (κ2) is 9.41. The number of amides is 1. The first kappa shape index (κ1) is 20.8. The Bertz CT molecular complexity index is 854. The largest absolute Gasteiger partial charge is 0.373 e.